The zero-order valence-electron chi connectivity index (χ0n) is 14.4. The number of hydrogen-bond acceptors (Lipinski definition) is 4. The lowest BCUT2D eigenvalue weighted by Crippen LogP contribution is -2.39. The zero-order valence-corrected chi connectivity index (χ0v) is 14.4. The Morgan fingerprint density at radius 2 is 1.88 bits per heavy atom. The summed E-state index contributed by atoms with van der Waals surface area (Å²) in [7, 11) is 0. The Hall–Kier alpha value is -3.48. The van der Waals surface area contributed by atoms with Gasteiger partial charge in [0.05, 0.1) is 12.2 Å². The van der Waals surface area contributed by atoms with Gasteiger partial charge in [-0.2, -0.15) is 0 Å². The van der Waals surface area contributed by atoms with E-state index in [1.807, 2.05) is 32.0 Å². The summed E-state index contributed by atoms with van der Waals surface area (Å²) in [6.45, 7) is 3.82. The first kappa shape index (κ1) is 17.3. The molecule has 0 fully saturated rings. The molecule has 0 bridgehead atoms. The first-order chi connectivity index (χ1) is 12.4. The maximum atomic E-state index is 12.6. The van der Waals surface area contributed by atoms with Gasteiger partial charge in [-0.05, 0) is 49.2 Å². The number of carbonyl (C=O) groups is 1. The molecule has 7 nitrogen and oxygen atoms in total. The number of rotatable bonds is 4. The number of nitrogens with one attached hydrogen (secondary N) is 2. The van der Waals surface area contributed by atoms with Crippen molar-refractivity contribution < 1.29 is 4.79 Å². The lowest BCUT2D eigenvalue weighted by atomic mass is 10.1. The van der Waals surface area contributed by atoms with Gasteiger partial charge < -0.3 is 10.3 Å². The number of carbonyl (C=O) groups excluding carboxylic acids is 1. The average Bonchev–Trinajstić information content (AvgIpc) is 2.58. The fourth-order valence-corrected chi connectivity index (χ4v) is 2.72. The van der Waals surface area contributed by atoms with Crippen LogP contribution in [-0.4, -0.2) is 20.4 Å². The van der Waals surface area contributed by atoms with Crippen molar-refractivity contribution in [3.05, 3.63) is 92.0 Å². The van der Waals surface area contributed by atoms with Crippen molar-refractivity contribution in [1.82, 2.24) is 14.5 Å². The normalized spacial score (nSPS) is 10.5. The number of aromatic amines is 1. The smallest absolute Gasteiger partial charge is 0.322 e. The summed E-state index contributed by atoms with van der Waals surface area (Å²) in [6, 6.07) is 10.8. The zero-order chi connectivity index (χ0) is 18.7. The van der Waals surface area contributed by atoms with Gasteiger partial charge in [0, 0.05) is 18.1 Å². The van der Waals surface area contributed by atoms with Gasteiger partial charge in [-0.25, -0.2) is 4.79 Å². The van der Waals surface area contributed by atoms with Crippen LogP contribution in [0.3, 0.4) is 0 Å². The van der Waals surface area contributed by atoms with E-state index in [2.05, 4.69) is 15.3 Å². The molecule has 0 atom stereocenters. The average molecular weight is 350 g/mol. The van der Waals surface area contributed by atoms with Gasteiger partial charge in [-0.15, -0.1) is 0 Å². The number of pyridine rings is 1. The quantitative estimate of drug-likeness (QED) is 0.750. The van der Waals surface area contributed by atoms with Crippen molar-refractivity contribution in [3.8, 4) is 0 Å². The summed E-state index contributed by atoms with van der Waals surface area (Å²) in [5.41, 5.74) is 1.73. The Labute approximate surface area is 149 Å². The minimum absolute atomic E-state index is 0.0142. The molecule has 2 N–H and O–H groups in total. The number of nitrogens with zero attached hydrogens (tertiary/aromatic N) is 2. The van der Waals surface area contributed by atoms with Gasteiger partial charge in [0.25, 0.3) is 11.5 Å². The van der Waals surface area contributed by atoms with Gasteiger partial charge in [0.15, 0.2) is 0 Å². The summed E-state index contributed by atoms with van der Waals surface area (Å²) in [5.74, 6) is -0.578. The molecule has 0 aliphatic carbocycles. The van der Waals surface area contributed by atoms with Crippen molar-refractivity contribution in [2.45, 2.75) is 20.4 Å². The van der Waals surface area contributed by atoms with Crippen LogP contribution in [0.1, 0.15) is 27.2 Å². The van der Waals surface area contributed by atoms with E-state index < -0.39 is 17.2 Å². The molecule has 2 aromatic heterocycles. The van der Waals surface area contributed by atoms with Crippen LogP contribution in [0.15, 0.2) is 58.4 Å². The highest BCUT2D eigenvalue weighted by Crippen LogP contribution is 2.14. The highest BCUT2D eigenvalue weighted by Gasteiger charge is 2.15. The van der Waals surface area contributed by atoms with E-state index in [9.17, 15) is 14.4 Å². The summed E-state index contributed by atoms with van der Waals surface area (Å²) in [4.78, 5) is 43.7. The van der Waals surface area contributed by atoms with Crippen LogP contribution in [0.25, 0.3) is 0 Å². The Balaban J connectivity index is 1.93. The minimum atomic E-state index is -0.665. The van der Waals surface area contributed by atoms with Gasteiger partial charge in [-0.3, -0.25) is 19.1 Å². The summed E-state index contributed by atoms with van der Waals surface area (Å²) in [5, 5.41) is 2.70. The van der Waals surface area contributed by atoms with E-state index in [0.717, 1.165) is 21.9 Å². The molecular formula is C19H18N4O3. The third-order valence-electron chi connectivity index (χ3n) is 3.83. The number of aryl methyl sites for hydroxylation is 2. The maximum Gasteiger partial charge on any atom is 0.328 e. The number of H-pyrrole nitrogens is 1. The molecule has 0 saturated carbocycles. The molecule has 0 saturated heterocycles. The summed E-state index contributed by atoms with van der Waals surface area (Å²) >= 11 is 0. The molecule has 3 aromatic rings. The molecule has 132 valence electrons. The van der Waals surface area contributed by atoms with E-state index in [-0.39, 0.29) is 12.1 Å². The molecule has 0 radical (unpaired) electrons. The second-order valence-electron chi connectivity index (χ2n) is 6.05. The number of aromatic nitrogens is 3. The summed E-state index contributed by atoms with van der Waals surface area (Å²) < 4.78 is 0.957. The molecule has 7 heteroatoms. The van der Waals surface area contributed by atoms with Crippen LogP contribution in [0.2, 0.25) is 0 Å². The molecule has 0 unspecified atom stereocenters. The Bertz CT molecular complexity index is 1050. The largest absolute Gasteiger partial charge is 0.328 e. The SMILES string of the molecule is Cc1cc(C)cc(NC(=O)c2c[nH]c(=O)n(Cc3ccccn3)c2=O)c1. The predicted molar refractivity (Wildman–Crippen MR) is 98.5 cm³/mol. The van der Waals surface area contributed by atoms with Crippen LogP contribution in [0, 0.1) is 13.8 Å². The first-order valence-electron chi connectivity index (χ1n) is 8.06. The van der Waals surface area contributed by atoms with Gasteiger partial charge in [0.2, 0.25) is 0 Å². The number of amides is 1. The van der Waals surface area contributed by atoms with Gasteiger partial charge in [0.1, 0.15) is 5.56 Å². The van der Waals surface area contributed by atoms with Crippen molar-refractivity contribution in [3.63, 3.8) is 0 Å². The van der Waals surface area contributed by atoms with E-state index in [0.29, 0.717) is 11.4 Å². The molecule has 1 amide bonds. The monoisotopic (exact) mass is 350 g/mol. The highest BCUT2D eigenvalue weighted by atomic mass is 16.2. The maximum absolute atomic E-state index is 12.6. The topological polar surface area (TPSA) is 96.8 Å². The summed E-state index contributed by atoms with van der Waals surface area (Å²) in [6.07, 6.45) is 2.71. The van der Waals surface area contributed by atoms with Crippen molar-refractivity contribution in [2.24, 2.45) is 0 Å². The predicted octanol–water partition coefficient (Wildman–Crippen LogP) is 1.85. The minimum Gasteiger partial charge on any atom is -0.322 e. The molecule has 0 spiro atoms. The van der Waals surface area contributed by atoms with E-state index in [4.69, 9.17) is 0 Å². The van der Waals surface area contributed by atoms with Crippen molar-refractivity contribution in [1.29, 1.82) is 0 Å². The van der Waals surface area contributed by atoms with Crippen molar-refractivity contribution in [2.75, 3.05) is 5.32 Å². The van der Waals surface area contributed by atoms with Crippen LogP contribution in [0.5, 0.6) is 0 Å². The van der Waals surface area contributed by atoms with Crippen molar-refractivity contribution >= 4 is 11.6 Å². The van der Waals surface area contributed by atoms with Crippen LogP contribution in [-0.2, 0) is 6.54 Å². The van der Waals surface area contributed by atoms with Crippen LogP contribution >= 0.6 is 0 Å². The number of anilines is 1. The van der Waals surface area contributed by atoms with Gasteiger partial charge >= 0.3 is 5.69 Å². The number of hydrogen-bond donors (Lipinski definition) is 2. The van der Waals surface area contributed by atoms with E-state index in [1.54, 1.807) is 24.4 Å². The van der Waals surface area contributed by atoms with Crippen LogP contribution in [0.4, 0.5) is 5.69 Å². The third kappa shape index (κ3) is 3.77. The van der Waals surface area contributed by atoms with Crippen LogP contribution < -0.4 is 16.6 Å². The molecular weight excluding hydrogens is 332 g/mol. The second kappa shape index (κ2) is 7.18. The molecule has 0 aliphatic rings. The Morgan fingerprint density at radius 1 is 1.15 bits per heavy atom. The Kier molecular flexibility index (Phi) is 4.79. The number of benzene rings is 1. The van der Waals surface area contributed by atoms with E-state index >= 15 is 0 Å². The molecule has 26 heavy (non-hydrogen) atoms. The fraction of sp³-hybridized carbons (Fsp3) is 0.158. The first-order valence-corrected chi connectivity index (χ1v) is 8.06. The lowest BCUT2D eigenvalue weighted by Gasteiger charge is -2.09. The molecule has 0 aliphatic heterocycles. The Morgan fingerprint density at radius 3 is 2.54 bits per heavy atom. The standard InChI is InChI=1S/C19H18N4O3/c1-12-7-13(2)9-15(8-12)22-17(24)16-10-21-19(26)23(18(16)25)11-14-5-3-4-6-20-14/h3-10H,11H2,1-2H3,(H,21,26)(H,22,24). The molecule has 3 rings (SSSR count). The molecule has 1 aromatic carbocycles. The lowest BCUT2D eigenvalue weighted by molar-refractivity contribution is 0.102. The van der Waals surface area contributed by atoms with Gasteiger partial charge in [-0.1, -0.05) is 12.1 Å². The fourth-order valence-electron chi connectivity index (χ4n) is 2.72. The molecule has 2 heterocycles. The third-order valence-corrected chi connectivity index (χ3v) is 3.83. The highest BCUT2D eigenvalue weighted by molar-refractivity contribution is 6.03. The van der Waals surface area contributed by atoms with E-state index in [1.165, 1.54) is 0 Å². The second-order valence-corrected chi connectivity index (χ2v) is 6.05.